The predicted molar refractivity (Wildman–Crippen MR) is 74.2 cm³/mol. The number of amides is 1. The molecule has 0 saturated heterocycles. The van der Waals surface area contributed by atoms with Crippen molar-refractivity contribution in [2.24, 2.45) is 5.92 Å². The molecule has 1 amide bonds. The minimum Gasteiger partial charge on any atom is -0.326 e. The molecule has 5 nitrogen and oxygen atoms in total. The second-order valence-electron chi connectivity index (χ2n) is 5.26. The Balaban J connectivity index is 1.89. The summed E-state index contributed by atoms with van der Waals surface area (Å²) < 4.78 is 0. The summed E-state index contributed by atoms with van der Waals surface area (Å²) in [6.07, 6.45) is 4.24. The van der Waals surface area contributed by atoms with Crippen LogP contribution in [0.2, 0.25) is 0 Å². The number of hydrogen-bond donors (Lipinski definition) is 3. The number of aromatic amines is 2. The molecule has 0 radical (unpaired) electrons. The number of carbonyl (C=O) groups excluding carboxylic acids is 1. The Morgan fingerprint density at radius 1 is 1.21 bits per heavy atom. The monoisotopic (exact) mass is 259 g/mol. The molecule has 1 aromatic heterocycles. The Kier molecular flexibility index (Phi) is 2.89. The lowest BCUT2D eigenvalue weighted by Gasteiger charge is -2.12. The van der Waals surface area contributed by atoms with Gasteiger partial charge >= 0.3 is 5.69 Å². The molecule has 5 heteroatoms. The van der Waals surface area contributed by atoms with Crippen LogP contribution in [0.25, 0.3) is 11.0 Å². The van der Waals surface area contributed by atoms with E-state index < -0.39 is 0 Å². The Morgan fingerprint density at radius 2 is 1.84 bits per heavy atom. The van der Waals surface area contributed by atoms with E-state index in [-0.39, 0.29) is 17.5 Å². The number of hydrogen-bond acceptors (Lipinski definition) is 2. The topological polar surface area (TPSA) is 77.8 Å². The van der Waals surface area contributed by atoms with Crippen molar-refractivity contribution in [3.05, 3.63) is 28.2 Å². The van der Waals surface area contributed by atoms with E-state index in [4.69, 9.17) is 0 Å². The van der Waals surface area contributed by atoms with E-state index in [0.29, 0.717) is 0 Å². The van der Waals surface area contributed by atoms with Gasteiger partial charge in [-0.05, 0) is 37.5 Å². The summed E-state index contributed by atoms with van der Waals surface area (Å²) >= 11 is 0. The lowest BCUT2D eigenvalue weighted by atomic mass is 10.1. The summed E-state index contributed by atoms with van der Waals surface area (Å²) in [6, 6.07) is 3.69. The second-order valence-corrected chi connectivity index (χ2v) is 5.26. The van der Waals surface area contributed by atoms with E-state index in [1.807, 2.05) is 19.1 Å². The first-order valence-electron chi connectivity index (χ1n) is 6.67. The largest absolute Gasteiger partial charge is 0.326 e. The number of H-pyrrole nitrogens is 2. The molecule has 0 spiro atoms. The summed E-state index contributed by atoms with van der Waals surface area (Å²) in [5.41, 5.74) is 2.99. The van der Waals surface area contributed by atoms with Gasteiger partial charge in [0, 0.05) is 11.6 Å². The summed E-state index contributed by atoms with van der Waals surface area (Å²) in [4.78, 5) is 28.8. The molecule has 0 atom stereocenters. The molecule has 1 aliphatic rings. The van der Waals surface area contributed by atoms with Gasteiger partial charge in [0.2, 0.25) is 5.91 Å². The van der Waals surface area contributed by atoms with Gasteiger partial charge < -0.3 is 15.3 Å². The van der Waals surface area contributed by atoms with Gasteiger partial charge in [0.15, 0.2) is 0 Å². The van der Waals surface area contributed by atoms with E-state index >= 15 is 0 Å². The highest BCUT2D eigenvalue weighted by Crippen LogP contribution is 2.27. The van der Waals surface area contributed by atoms with Gasteiger partial charge in [0.05, 0.1) is 11.0 Å². The molecule has 0 aliphatic heterocycles. The smallest absolute Gasteiger partial charge is 0.323 e. The fraction of sp³-hybridized carbons (Fsp3) is 0.429. The van der Waals surface area contributed by atoms with Crippen LogP contribution < -0.4 is 11.0 Å². The van der Waals surface area contributed by atoms with Crippen LogP contribution in [0.1, 0.15) is 31.2 Å². The number of fused-ring (bicyclic) bond motifs is 1. The quantitative estimate of drug-likeness (QED) is 0.773. The lowest BCUT2D eigenvalue weighted by molar-refractivity contribution is -0.119. The minimum absolute atomic E-state index is 0.0952. The maximum absolute atomic E-state index is 12.1. The Hall–Kier alpha value is -2.04. The van der Waals surface area contributed by atoms with E-state index in [1.54, 1.807) is 0 Å². The van der Waals surface area contributed by atoms with Crippen LogP contribution in [0, 0.1) is 12.8 Å². The van der Waals surface area contributed by atoms with Crippen molar-refractivity contribution >= 4 is 22.6 Å². The van der Waals surface area contributed by atoms with Crippen LogP contribution in [0.15, 0.2) is 16.9 Å². The summed E-state index contributed by atoms with van der Waals surface area (Å²) in [6.45, 7) is 1.93. The SMILES string of the molecule is Cc1cc2[nH]c(=O)[nH]c2cc1NC(=O)C1CCCC1. The fourth-order valence-corrected chi connectivity index (χ4v) is 2.75. The maximum atomic E-state index is 12.1. The van der Waals surface area contributed by atoms with Crippen molar-refractivity contribution < 1.29 is 4.79 Å². The zero-order valence-corrected chi connectivity index (χ0v) is 10.9. The molecular formula is C14H17N3O2. The van der Waals surface area contributed by atoms with Crippen LogP contribution >= 0.6 is 0 Å². The van der Waals surface area contributed by atoms with E-state index in [2.05, 4.69) is 15.3 Å². The third-order valence-electron chi connectivity index (χ3n) is 3.84. The second kappa shape index (κ2) is 4.57. The van der Waals surface area contributed by atoms with Crippen LogP contribution in [-0.4, -0.2) is 15.9 Å². The van der Waals surface area contributed by atoms with Gasteiger partial charge in [-0.15, -0.1) is 0 Å². The number of carbonyl (C=O) groups is 1. The van der Waals surface area contributed by atoms with Crippen molar-refractivity contribution in [3.8, 4) is 0 Å². The van der Waals surface area contributed by atoms with Gasteiger partial charge in [-0.25, -0.2) is 4.79 Å². The zero-order valence-electron chi connectivity index (χ0n) is 10.9. The third kappa shape index (κ3) is 2.28. The molecule has 1 saturated carbocycles. The van der Waals surface area contributed by atoms with Gasteiger partial charge in [0.25, 0.3) is 0 Å². The Labute approximate surface area is 110 Å². The molecule has 19 heavy (non-hydrogen) atoms. The molecule has 1 aliphatic carbocycles. The number of imidazole rings is 1. The van der Waals surface area contributed by atoms with Crippen molar-refractivity contribution in [3.63, 3.8) is 0 Å². The zero-order chi connectivity index (χ0) is 13.4. The van der Waals surface area contributed by atoms with Gasteiger partial charge in [0.1, 0.15) is 0 Å². The summed E-state index contributed by atoms with van der Waals surface area (Å²) in [7, 11) is 0. The molecular weight excluding hydrogens is 242 g/mol. The third-order valence-corrected chi connectivity index (χ3v) is 3.84. The molecule has 100 valence electrons. The normalized spacial score (nSPS) is 16.1. The van der Waals surface area contributed by atoms with Crippen LogP contribution in [0.5, 0.6) is 0 Å². The van der Waals surface area contributed by atoms with Crippen LogP contribution in [-0.2, 0) is 4.79 Å². The number of benzene rings is 1. The van der Waals surface area contributed by atoms with Crippen molar-refractivity contribution in [2.75, 3.05) is 5.32 Å². The number of aromatic nitrogens is 2. The number of anilines is 1. The van der Waals surface area contributed by atoms with Gasteiger partial charge in [-0.1, -0.05) is 12.8 Å². The standard InChI is InChI=1S/C14H17N3O2/c1-8-6-11-12(17-14(19)16-11)7-10(8)15-13(18)9-4-2-3-5-9/h6-7,9H,2-5H2,1H3,(H,15,18)(H2,16,17,19). The van der Waals surface area contributed by atoms with Crippen molar-refractivity contribution in [1.29, 1.82) is 0 Å². The lowest BCUT2D eigenvalue weighted by Crippen LogP contribution is -2.20. The van der Waals surface area contributed by atoms with E-state index in [9.17, 15) is 9.59 Å². The fourth-order valence-electron chi connectivity index (χ4n) is 2.75. The Bertz CT molecular complexity index is 678. The van der Waals surface area contributed by atoms with Gasteiger partial charge in [-0.3, -0.25) is 4.79 Å². The maximum Gasteiger partial charge on any atom is 0.323 e. The molecule has 1 aromatic carbocycles. The molecule has 0 unspecified atom stereocenters. The first-order valence-corrected chi connectivity index (χ1v) is 6.67. The number of aryl methyl sites for hydroxylation is 1. The van der Waals surface area contributed by atoms with Crippen molar-refractivity contribution in [1.82, 2.24) is 9.97 Å². The molecule has 3 N–H and O–H groups in total. The summed E-state index contributed by atoms with van der Waals surface area (Å²) in [5, 5.41) is 2.98. The molecule has 1 heterocycles. The van der Waals surface area contributed by atoms with Crippen LogP contribution in [0.3, 0.4) is 0 Å². The Morgan fingerprint density at radius 3 is 2.53 bits per heavy atom. The summed E-state index contributed by atoms with van der Waals surface area (Å²) in [5.74, 6) is 0.234. The first-order chi connectivity index (χ1) is 9.13. The first kappa shape index (κ1) is 12.0. The highest BCUT2D eigenvalue weighted by Gasteiger charge is 2.23. The van der Waals surface area contributed by atoms with Crippen molar-refractivity contribution in [2.45, 2.75) is 32.6 Å². The number of nitrogens with one attached hydrogen (secondary N) is 3. The molecule has 0 bridgehead atoms. The minimum atomic E-state index is -0.228. The highest BCUT2D eigenvalue weighted by atomic mass is 16.2. The molecule has 3 rings (SSSR count). The van der Waals surface area contributed by atoms with Gasteiger partial charge in [-0.2, -0.15) is 0 Å². The van der Waals surface area contributed by atoms with Crippen LogP contribution in [0.4, 0.5) is 5.69 Å². The number of rotatable bonds is 2. The average Bonchev–Trinajstić information content (AvgIpc) is 2.97. The highest BCUT2D eigenvalue weighted by molar-refractivity contribution is 5.95. The van der Waals surface area contributed by atoms with E-state index in [0.717, 1.165) is 48.0 Å². The molecule has 1 fully saturated rings. The average molecular weight is 259 g/mol. The predicted octanol–water partition coefficient (Wildman–Crippen LogP) is 2.29. The van der Waals surface area contributed by atoms with E-state index in [1.165, 1.54) is 0 Å². The molecule has 2 aromatic rings.